The van der Waals surface area contributed by atoms with Crippen LogP contribution in [-0.2, 0) is 16.7 Å². The number of nitriles is 2. The van der Waals surface area contributed by atoms with E-state index in [0.717, 1.165) is 30.5 Å². The Hall–Kier alpha value is -3.80. The molecule has 4 aliphatic rings. The third-order valence-electron chi connectivity index (χ3n) is 10.6. The summed E-state index contributed by atoms with van der Waals surface area (Å²) in [6.07, 6.45) is 2.24. The topological polar surface area (TPSA) is 95.6 Å². The van der Waals surface area contributed by atoms with Crippen molar-refractivity contribution >= 4 is 11.8 Å². The highest BCUT2D eigenvalue weighted by Gasteiger charge is 2.53. The van der Waals surface area contributed by atoms with Crippen molar-refractivity contribution in [3.05, 3.63) is 65.0 Å². The molecule has 0 unspecified atom stereocenters. The summed E-state index contributed by atoms with van der Waals surface area (Å²) in [6, 6.07) is 16.4. The van der Waals surface area contributed by atoms with E-state index in [1.165, 1.54) is 19.2 Å². The summed E-state index contributed by atoms with van der Waals surface area (Å²) in [5.41, 5.74) is 0.475. The van der Waals surface area contributed by atoms with Gasteiger partial charge in [0.15, 0.2) is 5.67 Å². The van der Waals surface area contributed by atoms with Crippen molar-refractivity contribution < 1.29 is 22.7 Å². The Kier molecular flexibility index (Phi) is 9.18. The number of hydrogen-bond acceptors (Lipinski definition) is 7. The number of alkyl carbamates (subject to hydrolysis) is 1. The molecule has 3 heterocycles. The van der Waals surface area contributed by atoms with Gasteiger partial charge in [0.1, 0.15) is 12.0 Å². The van der Waals surface area contributed by atoms with Gasteiger partial charge in [-0.2, -0.15) is 10.5 Å². The first-order valence-corrected chi connectivity index (χ1v) is 16.2. The summed E-state index contributed by atoms with van der Waals surface area (Å²) in [4.78, 5) is 18.2. The standard InChI is InChI=1S/C35H41F3N6O2/c1-46-33(45)41-32-7-3-6-31(32)35(20-40,27-4-2-5-28(36)15-27)26-10-12-42(13-11-26)21-34(38)22-44(23-34)30-9-8-24(16-39)25(14-30)17-43-18-29(37)19-43/h2,4-5,8-9,14-15,26,29,31-32H,3,6-7,10-13,17-19,21-23H2,1H3,(H,41,45)/t31-,32-,35-/m0/s1. The van der Waals surface area contributed by atoms with E-state index in [-0.39, 0.29) is 37.5 Å². The fraction of sp³-hybridized carbons (Fsp3) is 0.571. The Morgan fingerprint density at radius 1 is 1.09 bits per heavy atom. The number of halogens is 3. The molecule has 1 amide bonds. The van der Waals surface area contributed by atoms with Crippen molar-refractivity contribution in [2.45, 2.75) is 61.9 Å². The van der Waals surface area contributed by atoms with Crippen LogP contribution in [0, 0.1) is 40.3 Å². The Bertz CT molecular complexity index is 1510. The van der Waals surface area contributed by atoms with Crippen molar-refractivity contribution in [1.82, 2.24) is 15.1 Å². The lowest BCUT2D eigenvalue weighted by Gasteiger charge is -2.50. The molecular weight excluding hydrogens is 593 g/mol. The smallest absolute Gasteiger partial charge is 0.407 e. The Morgan fingerprint density at radius 2 is 1.85 bits per heavy atom. The number of rotatable bonds is 9. The van der Waals surface area contributed by atoms with Crippen LogP contribution >= 0.6 is 0 Å². The van der Waals surface area contributed by atoms with Crippen molar-refractivity contribution in [3.8, 4) is 12.1 Å². The lowest BCUT2D eigenvalue weighted by molar-refractivity contribution is 0.0351. The van der Waals surface area contributed by atoms with E-state index in [2.05, 4.69) is 22.4 Å². The van der Waals surface area contributed by atoms with Crippen LogP contribution in [0.1, 0.15) is 48.8 Å². The van der Waals surface area contributed by atoms with Crippen LogP contribution in [0.15, 0.2) is 42.5 Å². The van der Waals surface area contributed by atoms with Crippen molar-refractivity contribution in [1.29, 1.82) is 10.5 Å². The molecule has 6 rings (SSSR count). The summed E-state index contributed by atoms with van der Waals surface area (Å²) in [5.74, 6) is -0.702. The molecular formula is C35H41F3N6O2. The minimum absolute atomic E-state index is 0.0924. The number of ether oxygens (including phenoxy) is 1. The summed E-state index contributed by atoms with van der Waals surface area (Å²) in [5, 5.41) is 23.4. The Labute approximate surface area is 268 Å². The Balaban J connectivity index is 1.11. The van der Waals surface area contributed by atoms with E-state index in [1.807, 2.05) is 28.0 Å². The van der Waals surface area contributed by atoms with Crippen LogP contribution in [0.2, 0.25) is 0 Å². The summed E-state index contributed by atoms with van der Waals surface area (Å²) in [6.45, 7) is 3.22. The van der Waals surface area contributed by atoms with Gasteiger partial charge in [-0.1, -0.05) is 18.6 Å². The highest BCUT2D eigenvalue weighted by atomic mass is 19.1. The van der Waals surface area contributed by atoms with Crippen LogP contribution in [-0.4, -0.2) is 86.7 Å². The number of methoxy groups -OCH3 is 1. The van der Waals surface area contributed by atoms with E-state index in [9.17, 15) is 24.1 Å². The molecule has 244 valence electrons. The zero-order valence-corrected chi connectivity index (χ0v) is 26.2. The van der Waals surface area contributed by atoms with Gasteiger partial charge in [-0.15, -0.1) is 0 Å². The van der Waals surface area contributed by atoms with E-state index in [0.29, 0.717) is 56.7 Å². The van der Waals surface area contributed by atoms with E-state index in [4.69, 9.17) is 4.74 Å². The molecule has 0 aromatic heterocycles. The van der Waals surface area contributed by atoms with Gasteiger partial charge in [0.25, 0.3) is 0 Å². The molecule has 1 aliphatic carbocycles. The van der Waals surface area contributed by atoms with Crippen LogP contribution in [0.25, 0.3) is 0 Å². The summed E-state index contributed by atoms with van der Waals surface area (Å²) in [7, 11) is 1.32. The number of anilines is 1. The molecule has 2 aromatic rings. The van der Waals surface area contributed by atoms with Crippen molar-refractivity contribution in [3.63, 3.8) is 0 Å². The molecule has 0 bridgehead atoms. The minimum Gasteiger partial charge on any atom is -0.453 e. The average Bonchev–Trinajstić information content (AvgIpc) is 3.48. The summed E-state index contributed by atoms with van der Waals surface area (Å²) < 4.78 is 48.8. The molecule has 3 atom stereocenters. The van der Waals surface area contributed by atoms with Gasteiger partial charge in [-0.3, -0.25) is 9.80 Å². The lowest BCUT2D eigenvalue weighted by atomic mass is 9.59. The molecule has 1 saturated carbocycles. The van der Waals surface area contributed by atoms with Crippen LogP contribution < -0.4 is 10.2 Å². The molecule has 0 spiro atoms. The largest absolute Gasteiger partial charge is 0.453 e. The molecule has 0 radical (unpaired) electrons. The van der Waals surface area contributed by atoms with Crippen LogP contribution in [0.4, 0.5) is 23.7 Å². The second kappa shape index (κ2) is 13.1. The lowest BCUT2D eigenvalue weighted by Crippen LogP contribution is -2.64. The van der Waals surface area contributed by atoms with Gasteiger partial charge in [0, 0.05) is 43.8 Å². The predicted molar refractivity (Wildman–Crippen MR) is 167 cm³/mol. The third-order valence-corrected chi connectivity index (χ3v) is 10.6. The van der Waals surface area contributed by atoms with Gasteiger partial charge in [-0.25, -0.2) is 18.0 Å². The highest BCUT2D eigenvalue weighted by molar-refractivity contribution is 5.67. The molecule has 4 fully saturated rings. The average molecular weight is 635 g/mol. The van der Waals surface area contributed by atoms with Crippen LogP contribution in [0.3, 0.4) is 0 Å². The maximum atomic E-state index is 16.0. The maximum Gasteiger partial charge on any atom is 0.407 e. The fourth-order valence-corrected chi connectivity index (χ4v) is 8.39. The van der Waals surface area contributed by atoms with E-state index < -0.39 is 29.2 Å². The first kappa shape index (κ1) is 32.2. The van der Waals surface area contributed by atoms with Gasteiger partial charge in [0.2, 0.25) is 0 Å². The molecule has 3 saturated heterocycles. The second-order valence-corrected chi connectivity index (χ2v) is 13.6. The molecule has 3 aliphatic heterocycles. The first-order chi connectivity index (χ1) is 22.2. The highest BCUT2D eigenvalue weighted by Crippen LogP contribution is 2.50. The van der Waals surface area contributed by atoms with Crippen LogP contribution in [0.5, 0.6) is 0 Å². The number of piperidine rings is 1. The first-order valence-electron chi connectivity index (χ1n) is 16.2. The van der Waals surface area contributed by atoms with E-state index in [1.54, 1.807) is 12.1 Å². The zero-order valence-electron chi connectivity index (χ0n) is 26.2. The molecule has 11 heteroatoms. The monoisotopic (exact) mass is 634 g/mol. The van der Waals surface area contributed by atoms with Gasteiger partial charge in [-0.05, 0) is 86.1 Å². The number of likely N-dealkylation sites (tertiary alicyclic amines) is 2. The number of nitrogens with zero attached hydrogens (tertiary/aromatic N) is 5. The Morgan fingerprint density at radius 3 is 2.50 bits per heavy atom. The number of carbonyl (C=O) groups excluding carboxylic acids is 1. The SMILES string of the molecule is COC(=O)N[C@H]1CCC[C@@H]1[C@](C#N)(c1cccc(F)c1)C1CCN(CC2(F)CN(c3ccc(C#N)c(CN4CC(F)C4)c3)C2)CC1. The third kappa shape index (κ3) is 6.28. The number of carbonyl (C=O) groups is 1. The predicted octanol–water partition coefficient (Wildman–Crippen LogP) is 5.08. The zero-order chi connectivity index (χ0) is 32.5. The number of benzene rings is 2. The van der Waals surface area contributed by atoms with Crippen molar-refractivity contribution in [2.24, 2.45) is 11.8 Å². The molecule has 2 aromatic carbocycles. The normalized spacial score (nSPS) is 25.0. The summed E-state index contributed by atoms with van der Waals surface area (Å²) >= 11 is 0. The molecule has 1 N–H and O–H groups in total. The second-order valence-electron chi connectivity index (χ2n) is 13.6. The van der Waals surface area contributed by atoms with Gasteiger partial charge in [0.05, 0.1) is 43.3 Å². The minimum atomic E-state index is -1.39. The number of nitrogens with one attached hydrogen (secondary N) is 1. The molecule has 46 heavy (non-hydrogen) atoms. The van der Waals surface area contributed by atoms with E-state index >= 15 is 4.39 Å². The van der Waals surface area contributed by atoms with Gasteiger partial charge < -0.3 is 15.0 Å². The maximum absolute atomic E-state index is 16.0. The number of hydrogen-bond donors (Lipinski definition) is 1. The number of amides is 1. The van der Waals surface area contributed by atoms with Gasteiger partial charge >= 0.3 is 6.09 Å². The fourth-order valence-electron chi connectivity index (χ4n) is 8.39. The quantitative estimate of drug-likeness (QED) is 0.411. The molecule has 8 nitrogen and oxygen atoms in total. The number of alkyl halides is 2. The van der Waals surface area contributed by atoms with Crippen molar-refractivity contribution in [2.75, 3.05) is 57.8 Å².